The molecule has 0 aromatic heterocycles. The third kappa shape index (κ3) is 5.26. The molecular weight excluding hydrogens is 449 g/mol. The lowest BCUT2D eigenvalue weighted by Gasteiger charge is -2.31. The smallest absolute Gasteiger partial charge is 0.251 e. The molecule has 2 aromatic carbocycles. The molecule has 2 amide bonds. The topological polar surface area (TPSA) is 98.8 Å². The lowest BCUT2D eigenvalue weighted by molar-refractivity contribution is -0.115. The van der Waals surface area contributed by atoms with E-state index in [9.17, 15) is 31.2 Å². The van der Waals surface area contributed by atoms with Crippen LogP contribution in [-0.4, -0.2) is 69.2 Å². The highest BCUT2D eigenvalue weighted by molar-refractivity contribution is 7.89. The van der Waals surface area contributed by atoms with Crippen molar-refractivity contribution in [3.63, 3.8) is 0 Å². The molecule has 2 N–H and O–H groups in total. The maximum absolute atomic E-state index is 13.6. The first-order chi connectivity index (χ1) is 15.1. The van der Waals surface area contributed by atoms with E-state index in [0.717, 1.165) is 6.07 Å². The largest absolute Gasteiger partial charge is 0.343 e. The number of anilines is 1. The first-order valence-corrected chi connectivity index (χ1v) is 11.0. The fraction of sp³-hybridized carbons (Fsp3) is 0.300. The van der Waals surface area contributed by atoms with Crippen LogP contribution in [0.2, 0.25) is 0 Å². The van der Waals surface area contributed by atoms with Gasteiger partial charge in [-0.05, 0) is 37.4 Å². The molecule has 3 rings (SSSR count). The van der Waals surface area contributed by atoms with Gasteiger partial charge in [0, 0.05) is 31.7 Å². The van der Waals surface area contributed by atoms with E-state index in [0.29, 0.717) is 32.2 Å². The number of halogens is 3. The van der Waals surface area contributed by atoms with Crippen molar-refractivity contribution < 1.29 is 31.2 Å². The minimum Gasteiger partial charge on any atom is -0.343 e. The van der Waals surface area contributed by atoms with Crippen molar-refractivity contribution >= 4 is 27.5 Å². The van der Waals surface area contributed by atoms with Gasteiger partial charge >= 0.3 is 0 Å². The molecule has 32 heavy (non-hydrogen) atoms. The zero-order valence-corrected chi connectivity index (χ0v) is 17.9. The van der Waals surface area contributed by atoms with Gasteiger partial charge < -0.3 is 15.5 Å². The predicted octanol–water partition coefficient (Wildman–Crippen LogP) is 1.41. The van der Waals surface area contributed by atoms with E-state index >= 15 is 0 Å². The maximum Gasteiger partial charge on any atom is 0.251 e. The normalized spacial score (nSPS) is 15.4. The van der Waals surface area contributed by atoms with Crippen LogP contribution in [0.5, 0.6) is 0 Å². The number of amides is 2. The quantitative estimate of drug-likeness (QED) is 0.622. The Labute approximate surface area is 183 Å². The number of nitrogens with one attached hydrogen (secondary N) is 2. The summed E-state index contributed by atoms with van der Waals surface area (Å²) < 4.78 is 66.9. The highest BCUT2D eigenvalue weighted by atomic mass is 32.2. The molecule has 0 bridgehead atoms. The Bertz CT molecular complexity index is 1140. The number of rotatable bonds is 6. The monoisotopic (exact) mass is 470 g/mol. The van der Waals surface area contributed by atoms with Crippen molar-refractivity contribution in [1.29, 1.82) is 0 Å². The minimum atomic E-state index is -3.79. The summed E-state index contributed by atoms with van der Waals surface area (Å²) in [5.41, 5.74) is -0.574. The number of hydrogen-bond donors (Lipinski definition) is 2. The van der Waals surface area contributed by atoms with Gasteiger partial charge in [0.15, 0.2) is 17.5 Å². The van der Waals surface area contributed by atoms with E-state index in [1.165, 1.54) is 28.6 Å². The molecule has 2 aromatic rings. The van der Waals surface area contributed by atoms with Crippen LogP contribution >= 0.6 is 0 Å². The Balaban J connectivity index is 1.63. The molecule has 1 saturated heterocycles. The van der Waals surface area contributed by atoms with Gasteiger partial charge in [-0.2, -0.15) is 4.31 Å². The summed E-state index contributed by atoms with van der Waals surface area (Å²) in [4.78, 5) is 26.3. The van der Waals surface area contributed by atoms with E-state index < -0.39 is 51.5 Å². The number of likely N-dealkylation sites (N-methyl/N-ethyl adjacent to an activating group) is 1. The van der Waals surface area contributed by atoms with Crippen molar-refractivity contribution in [1.82, 2.24) is 14.5 Å². The Morgan fingerprint density at radius 3 is 2.38 bits per heavy atom. The van der Waals surface area contributed by atoms with Gasteiger partial charge in [-0.15, -0.1) is 0 Å². The van der Waals surface area contributed by atoms with Crippen LogP contribution in [0.25, 0.3) is 0 Å². The second kappa shape index (κ2) is 9.67. The molecule has 12 heteroatoms. The lowest BCUT2D eigenvalue weighted by atomic mass is 10.2. The standard InChI is InChI=1S/C20H21F3N4O4S/c1-26-7-9-27(10-8-26)32(30,31)14-4-2-3-13(11-14)20(29)24-12-17(28)25-16-6-5-15(21)18(22)19(16)23/h2-6,11H,7-10,12H2,1H3,(H,24,29)(H,25,28). The Morgan fingerprint density at radius 1 is 1.00 bits per heavy atom. The molecule has 0 spiro atoms. The predicted molar refractivity (Wildman–Crippen MR) is 110 cm³/mol. The van der Waals surface area contributed by atoms with E-state index in [1.54, 1.807) is 0 Å². The highest BCUT2D eigenvalue weighted by Crippen LogP contribution is 2.20. The molecule has 1 aliphatic rings. The number of sulfonamides is 1. The zero-order valence-electron chi connectivity index (χ0n) is 17.1. The van der Waals surface area contributed by atoms with E-state index in [4.69, 9.17) is 0 Å². The third-order valence-electron chi connectivity index (χ3n) is 4.92. The maximum atomic E-state index is 13.6. The fourth-order valence-corrected chi connectivity index (χ4v) is 4.52. The summed E-state index contributed by atoms with van der Waals surface area (Å²) in [6.45, 7) is 1.23. The molecule has 0 unspecified atom stereocenters. The van der Waals surface area contributed by atoms with Crippen LogP contribution in [0.1, 0.15) is 10.4 Å². The van der Waals surface area contributed by atoms with Crippen molar-refractivity contribution in [3.05, 3.63) is 59.4 Å². The van der Waals surface area contributed by atoms with Crippen LogP contribution in [-0.2, 0) is 14.8 Å². The van der Waals surface area contributed by atoms with Crippen molar-refractivity contribution in [3.8, 4) is 0 Å². The number of nitrogens with zero attached hydrogens (tertiary/aromatic N) is 2. The Hall–Kier alpha value is -2.96. The first-order valence-electron chi connectivity index (χ1n) is 9.60. The number of carbonyl (C=O) groups is 2. The van der Waals surface area contributed by atoms with Gasteiger partial charge in [0.05, 0.1) is 17.1 Å². The molecule has 8 nitrogen and oxygen atoms in total. The molecule has 0 atom stereocenters. The molecular formula is C20H21F3N4O4S. The number of benzene rings is 2. The number of hydrogen-bond acceptors (Lipinski definition) is 5. The van der Waals surface area contributed by atoms with Gasteiger partial charge in [-0.25, -0.2) is 21.6 Å². The van der Waals surface area contributed by atoms with E-state index in [2.05, 4.69) is 5.32 Å². The Kier molecular flexibility index (Phi) is 7.16. The highest BCUT2D eigenvalue weighted by Gasteiger charge is 2.28. The van der Waals surface area contributed by atoms with E-state index in [-0.39, 0.29) is 10.5 Å². The number of carbonyl (C=O) groups excluding carboxylic acids is 2. The SMILES string of the molecule is CN1CCN(S(=O)(=O)c2cccc(C(=O)NCC(=O)Nc3ccc(F)c(F)c3F)c2)CC1. The van der Waals surface area contributed by atoms with Crippen LogP contribution in [0.4, 0.5) is 18.9 Å². The molecule has 1 aliphatic heterocycles. The summed E-state index contributed by atoms with van der Waals surface area (Å²) in [6.07, 6.45) is 0. The molecule has 172 valence electrons. The lowest BCUT2D eigenvalue weighted by Crippen LogP contribution is -2.47. The summed E-state index contributed by atoms with van der Waals surface area (Å²) in [7, 11) is -1.89. The summed E-state index contributed by atoms with van der Waals surface area (Å²) in [5.74, 6) is -6.32. The van der Waals surface area contributed by atoms with Gasteiger partial charge in [-0.3, -0.25) is 9.59 Å². The molecule has 0 aliphatic carbocycles. The van der Waals surface area contributed by atoms with Gasteiger partial charge in [-0.1, -0.05) is 6.07 Å². The Morgan fingerprint density at radius 2 is 1.69 bits per heavy atom. The third-order valence-corrected chi connectivity index (χ3v) is 6.81. The van der Waals surface area contributed by atoms with Gasteiger partial charge in [0.2, 0.25) is 15.9 Å². The minimum absolute atomic E-state index is 0.00649. The van der Waals surface area contributed by atoms with Crippen LogP contribution in [0.15, 0.2) is 41.3 Å². The first kappa shape index (κ1) is 23.7. The average Bonchev–Trinajstić information content (AvgIpc) is 2.78. The molecule has 0 radical (unpaired) electrons. The van der Waals surface area contributed by atoms with Crippen molar-refractivity contribution in [2.75, 3.05) is 45.1 Å². The van der Waals surface area contributed by atoms with Crippen LogP contribution in [0.3, 0.4) is 0 Å². The van der Waals surface area contributed by atoms with Crippen LogP contribution in [0, 0.1) is 17.5 Å². The second-order valence-electron chi connectivity index (χ2n) is 7.19. The van der Waals surface area contributed by atoms with Gasteiger partial charge in [0.1, 0.15) is 0 Å². The second-order valence-corrected chi connectivity index (χ2v) is 9.13. The molecule has 1 heterocycles. The van der Waals surface area contributed by atoms with Crippen LogP contribution < -0.4 is 10.6 Å². The zero-order chi connectivity index (χ0) is 23.5. The average molecular weight is 470 g/mol. The summed E-state index contributed by atoms with van der Waals surface area (Å²) in [6, 6.07) is 6.87. The van der Waals surface area contributed by atoms with Crippen molar-refractivity contribution in [2.24, 2.45) is 0 Å². The number of piperazine rings is 1. The fourth-order valence-electron chi connectivity index (χ4n) is 3.05. The van der Waals surface area contributed by atoms with Crippen molar-refractivity contribution in [2.45, 2.75) is 4.90 Å². The molecule has 1 fully saturated rings. The van der Waals surface area contributed by atoms with Gasteiger partial charge in [0.25, 0.3) is 5.91 Å². The molecule has 0 saturated carbocycles. The summed E-state index contributed by atoms with van der Waals surface area (Å²) >= 11 is 0. The van der Waals surface area contributed by atoms with E-state index in [1.807, 2.05) is 17.3 Å². The summed E-state index contributed by atoms with van der Waals surface area (Å²) in [5, 5.41) is 4.30.